The van der Waals surface area contributed by atoms with E-state index in [-0.39, 0.29) is 12.2 Å². The van der Waals surface area contributed by atoms with E-state index in [2.05, 4.69) is 6.07 Å². The molecule has 0 unspecified atom stereocenters. The van der Waals surface area contributed by atoms with Crippen LogP contribution in [0, 0.1) is 17.2 Å². The number of Topliss-reactive ketones (excluding diaryl/α,β-unsaturated/α-hetero) is 1. The molecule has 5 aromatic rings. The second kappa shape index (κ2) is 11.8. The molecule has 0 heterocycles. The molecule has 0 saturated heterocycles. The zero-order chi connectivity index (χ0) is 30.0. The van der Waals surface area contributed by atoms with Crippen LogP contribution in [0.25, 0.3) is 0 Å². The molecule has 0 bridgehead atoms. The van der Waals surface area contributed by atoms with Crippen LogP contribution in [0.5, 0.6) is 0 Å². The molecule has 5 aromatic carbocycles. The Hall–Kier alpha value is -4.20. The van der Waals surface area contributed by atoms with E-state index in [1.165, 1.54) is 0 Å². The Kier molecular flexibility index (Phi) is 7.95. The molecular formula is C38H29Cl2NO2. The number of nitriles is 1. The van der Waals surface area contributed by atoms with E-state index in [0.29, 0.717) is 21.2 Å². The van der Waals surface area contributed by atoms with Gasteiger partial charge in [-0.2, -0.15) is 5.26 Å². The molecule has 43 heavy (non-hydrogen) atoms. The molecule has 6 rings (SSSR count). The maximum Gasteiger partial charge on any atom is 0.169 e. The minimum Gasteiger partial charge on any atom is -0.384 e. The molecule has 1 fully saturated rings. The van der Waals surface area contributed by atoms with E-state index in [4.69, 9.17) is 23.2 Å². The third-order valence-electron chi connectivity index (χ3n) is 8.96. The van der Waals surface area contributed by atoms with Crippen LogP contribution in [0.1, 0.15) is 50.9 Å². The lowest BCUT2D eigenvalue weighted by molar-refractivity contribution is -0.0738. The molecule has 3 nitrogen and oxygen atoms in total. The van der Waals surface area contributed by atoms with Crippen molar-refractivity contribution in [3.63, 3.8) is 0 Å². The molecule has 1 N–H and O–H groups in total. The first-order valence-electron chi connectivity index (χ1n) is 14.2. The predicted octanol–water partition coefficient (Wildman–Crippen LogP) is 9.11. The smallest absolute Gasteiger partial charge is 0.169 e. The van der Waals surface area contributed by atoms with Crippen LogP contribution >= 0.6 is 23.2 Å². The van der Waals surface area contributed by atoms with Gasteiger partial charge in [0.05, 0.1) is 17.4 Å². The van der Waals surface area contributed by atoms with Gasteiger partial charge in [0, 0.05) is 27.4 Å². The van der Waals surface area contributed by atoms with Crippen LogP contribution in [-0.2, 0) is 11.0 Å². The van der Waals surface area contributed by atoms with E-state index in [1.807, 2.05) is 115 Å². The van der Waals surface area contributed by atoms with E-state index < -0.39 is 28.8 Å². The first kappa shape index (κ1) is 28.9. The fourth-order valence-corrected chi connectivity index (χ4v) is 7.29. The molecule has 5 heteroatoms. The third kappa shape index (κ3) is 5.07. The van der Waals surface area contributed by atoms with E-state index in [0.717, 1.165) is 16.7 Å². The SMILES string of the molecule is N#C[C@]1(c2ccccc2)[C@H](c2ccc(Cl)cc2)C[C@](O)(c2ccccc2)[C@@H](C(=O)c2ccccc2)[C@@H]1c1ccc(Cl)cc1. The number of carbonyl (C=O) groups excluding carboxylic acids is 1. The average molecular weight is 603 g/mol. The number of nitrogens with zero attached hydrogens (tertiary/aromatic N) is 1. The molecule has 0 amide bonds. The zero-order valence-corrected chi connectivity index (χ0v) is 24.8. The van der Waals surface area contributed by atoms with Gasteiger partial charge in [0.1, 0.15) is 5.60 Å². The molecule has 1 aliphatic carbocycles. The van der Waals surface area contributed by atoms with Crippen LogP contribution in [0.4, 0.5) is 0 Å². The Balaban J connectivity index is 1.73. The van der Waals surface area contributed by atoms with Gasteiger partial charge < -0.3 is 5.11 Å². The number of halogens is 2. The van der Waals surface area contributed by atoms with Crippen molar-refractivity contribution in [2.24, 2.45) is 5.92 Å². The number of benzene rings is 5. The summed E-state index contributed by atoms with van der Waals surface area (Å²) in [5.74, 6) is -2.51. The van der Waals surface area contributed by atoms with Crippen molar-refractivity contribution in [3.8, 4) is 6.07 Å². The Morgan fingerprint density at radius 2 is 1.14 bits per heavy atom. The highest BCUT2D eigenvalue weighted by molar-refractivity contribution is 6.30. The fraction of sp³-hybridized carbons (Fsp3) is 0.158. The summed E-state index contributed by atoms with van der Waals surface area (Å²) in [6.45, 7) is 0. The summed E-state index contributed by atoms with van der Waals surface area (Å²) in [5, 5.41) is 25.7. The fourth-order valence-electron chi connectivity index (χ4n) is 7.04. The number of ketones is 1. The van der Waals surface area contributed by atoms with Crippen LogP contribution in [0.15, 0.2) is 140 Å². The standard InChI is InChI=1S/C38H29Cl2NO2/c39-31-20-16-26(17-21-31)33-24-38(43,30-14-8-3-9-15-30)35(36(42)28-10-4-1-5-11-28)34(27-18-22-32(40)23-19-27)37(33,25-41)29-12-6-2-7-13-29/h1-23,33-35,43H,24H2/t33-,34-,35+,37-,38-/m0/s1. The van der Waals surface area contributed by atoms with Crippen molar-refractivity contribution in [3.05, 3.63) is 177 Å². The first-order valence-corrected chi connectivity index (χ1v) is 15.0. The minimum atomic E-state index is -1.63. The van der Waals surface area contributed by atoms with E-state index >= 15 is 0 Å². The van der Waals surface area contributed by atoms with Crippen LogP contribution in [-0.4, -0.2) is 10.9 Å². The van der Waals surface area contributed by atoms with Gasteiger partial charge in [0.2, 0.25) is 0 Å². The predicted molar refractivity (Wildman–Crippen MR) is 171 cm³/mol. The lowest BCUT2D eigenvalue weighted by Gasteiger charge is -2.56. The van der Waals surface area contributed by atoms with Crippen molar-refractivity contribution in [2.75, 3.05) is 0 Å². The summed E-state index contributed by atoms with van der Waals surface area (Å²) in [5.41, 5.74) is 0.605. The lowest BCUT2D eigenvalue weighted by Crippen LogP contribution is -2.58. The number of aliphatic hydroxyl groups is 1. The van der Waals surface area contributed by atoms with Gasteiger partial charge in [0.25, 0.3) is 0 Å². The molecule has 1 aliphatic rings. The van der Waals surface area contributed by atoms with Crippen molar-refractivity contribution in [2.45, 2.75) is 29.3 Å². The van der Waals surface area contributed by atoms with Crippen molar-refractivity contribution in [1.29, 1.82) is 5.26 Å². The molecule has 212 valence electrons. The van der Waals surface area contributed by atoms with Gasteiger partial charge in [0.15, 0.2) is 5.78 Å². The van der Waals surface area contributed by atoms with Crippen LogP contribution in [0.3, 0.4) is 0 Å². The van der Waals surface area contributed by atoms with Gasteiger partial charge >= 0.3 is 0 Å². The summed E-state index contributed by atoms with van der Waals surface area (Å²) < 4.78 is 0. The van der Waals surface area contributed by atoms with Gasteiger partial charge in [-0.15, -0.1) is 0 Å². The molecule has 0 spiro atoms. The molecule has 0 radical (unpaired) electrons. The molecule has 0 aliphatic heterocycles. The highest BCUT2D eigenvalue weighted by atomic mass is 35.5. The first-order chi connectivity index (χ1) is 20.9. The topological polar surface area (TPSA) is 61.1 Å². The van der Waals surface area contributed by atoms with Gasteiger partial charge in [-0.25, -0.2) is 0 Å². The maximum atomic E-state index is 14.8. The van der Waals surface area contributed by atoms with Crippen LogP contribution < -0.4 is 0 Å². The monoisotopic (exact) mass is 601 g/mol. The van der Waals surface area contributed by atoms with Crippen molar-refractivity contribution in [1.82, 2.24) is 0 Å². The zero-order valence-electron chi connectivity index (χ0n) is 23.3. The summed E-state index contributed by atoms with van der Waals surface area (Å²) in [6.07, 6.45) is 0.133. The Morgan fingerprint density at radius 3 is 1.65 bits per heavy atom. The molecule has 5 atom stereocenters. The normalized spacial score (nSPS) is 25.0. The Labute approximate surface area is 262 Å². The maximum absolute atomic E-state index is 14.8. The number of carbonyl (C=O) groups is 1. The minimum absolute atomic E-state index is 0.133. The van der Waals surface area contributed by atoms with E-state index in [1.54, 1.807) is 24.3 Å². The second-order valence-corrected chi connectivity index (χ2v) is 12.1. The summed E-state index contributed by atoms with van der Waals surface area (Å²) in [6, 6.07) is 45.6. The summed E-state index contributed by atoms with van der Waals surface area (Å²) in [7, 11) is 0. The van der Waals surface area contributed by atoms with Gasteiger partial charge in [-0.05, 0) is 52.9 Å². The molecule has 1 saturated carbocycles. The van der Waals surface area contributed by atoms with Crippen molar-refractivity contribution < 1.29 is 9.90 Å². The Morgan fingerprint density at radius 1 is 0.674 bits per heavy atom. The van der Waals surface area contributed by atoms with Crippen LogP contribution in [0.2, 0.25) is 10.0 Å². The molecule has 0 aromatic heterocycles. The third-order valence-corrected chi connectivity index (χ3v) is 9.46. The second-order valence-electron chi connectivity index (χ2n) is 11.2. The van der Waals surface area contributed by atoms with Crippen molar-refractivity contribution >= 4 is 29.0 Å². The number of hydrogen-bond donors (Lipinski definition) is 1. The van der Waals surface area contributed by atoms with E-state index in [9.17, 15) is 15.2 Å². The highest BCUT2D eigenvalue weighted by Crippen LogP contribution is 2.64. The van der Waals surface area contributed by atoms with Gasteiger partial charge in [-0.3, -0.25) is 4.79 Å². The Bertz CT molecular complexity index is 1750. The lowest BCUT2D eigenvalue weighted by atomic mass is 9.46. The summed E-state index contributed by atoms with van der Waals surface area (Å²) in [4.78, 5) is 14.8. The quantitative estimate of drug-likeness (QED) is 0.197. The van der Waals surface area contributed by atoms with Gasteiger partial charge in [-0.1, -0.05) is 138 Å². The number of rotatable bonds is 6. The average Bonchev–Trinajstić information content (AvgIpc) is 3.06. The summed E-state index contributed by atoms with van der Waals surface area (Å²) >= 11 is 12.7. The highest BCUT2D eigenvalue weighted by Gasteiger charge is 2.64. The molecular weight excluding hydrogens is 573 g/mol. The number of hydrogen-bond acceptors (Lipinski definition) is 3. The largest absolute Gasteiger partial charge is 0.384 e.